The van der Waals surface area contributed by atoms with Gasteiger partial charge in [0.15, 0.2) is 0 Å². The first-order valence-corrected chi connectivity index (χ1v) is 8.33. The van der Waals surface area contributed by atoms with Crippen LogP contribution in [0.2, 0.25) is 0 Å². The first-order chi connectivity index (χ1) is 13.1. The molecule has 1 aliphatic rings. The summed E-state index contributed by atoms with van der Waals surface area (Å²) in [6.45, 7) is 0.879. The van der Waals surface area contributed by atoms with Crippen LogP contribution >= 0.6 is 0 Å². The predicted octanol–water partition coefficient (Wildman–Crippen LogP) is 2.00. The molecule has 0 radical (unpaired) electrons. The van der Waals surface area contributed by atoms with Crippen molar-refractivity contribution in [3.8, 4) is 0 Å². The molecule has 2 unspecified atom stereocenters. The van der Waals surface area contributed by atoms with Crippen molar-refractivity contribution in [1.29, 1.82) is 0 Å². The van der Waals surface area contributed by atoms with Gasteiger partial charge in [0.2, 0.25) is 0 Å². The van der Waals surface area contributed by atoms with E-state index >= 15 is 0 Å². The molecule has 0 N–H and O–H groups in total. The minimum atomic E-state index is -4.60. The van der Waals surface area contributed by atoms with Gasteiger partial charge in [-0.2, -0.15) is 18.3 Å². The highest BCUT2D eigenvalue weighted by atomic mass is 19.4. The van der Waals surface area contributed by atoms with Crippen LogP contribution in [0.15, 0.2) is 17.1 Å². The van der Waals surface area contributed by atoms with E-state index in [0.29, 0.717) is 10.7 Å². The zero-order valence-corrected chi connectivity index (χ0v) is 14.5. The van der Waals surface area contributed by atoms with Gasteiger partial charge in [0, 0.05) is 12.5 Å². The third kappa shape index (κ3) is 3.76. The Morgan fingerprint density at radius 3 is 2.68 bits per heavy atom. The number of aromatic nitrogens is 4. The Kier molecular flexibility index (Phi) is 5.22. The highest BCUT2D eigenvalue weighted by Gasteiger charge is 2.47. The second-order valence-electron chi connectivity index (χ2n) is 6.25. The smallest absolute Gasteiger partial charge is 0.392 e. The molecule has 152 valence electrons. The van der Waals surface area contributed by atoms with E-state index in [1.807, 2.05) is 0 Å². The molecule has 1 aliphatic heterocycles. The molecule has 3 heterocycles. The maximum absolute atomic E-state index is 13.8. The summed E-state index contributed by atoms with van der Waals surface area (Å²) in [6, 6.07) is -0.938. The standard InChI is InChI=1S/C16H15F5N4O3/c1-2-28-14(26)12-3-8(16(19,20)21)4-13-23-24(15(27)25(12)13)7-11-10(18)5-9(17)6-22-11/h5-6,8,12H,2-4,7H2,1H3. The summed E-state index contributed by atoms with van der Waals surface area (Å²) in [5, 5.41) is 3.82. The van der Waals surface area contributed by atoms with E-state index in [0.717, 1.165) is 10.8 Å². The lowest BCUT2D eigenvalue weighted by atomic mass is 9.91. The van der Waals surface area contributed by atoms with Crippen LogP contribution in [0.5, 0.6) is 0 Å². The van der Waals surface area contributed by atoms with Gasteiger partial charge in [-0.3, -0.25) is 9.55 Å². The van der Waals surface area contributed by atoms with E-state index in [-0.39, 0.29) is 18.1 Å². The summed E-state index contributed by atoms with van der Waals surface area (Å²) < 4.78 is 72.8. The fourth-order valence-electron chi connectivity index (χ4n) is 3.09. The summed E-state index contributed by atoms with van der Waals surface area (Å²) in [4.78, 5) is 28.3. The lowest BCUT2D eigenvalue weighted by Crippen LogP contribution is -2.41. The van der Waals surface area contributed by atoms with Crippen LogP contribution in [0.1, 0.15) is 30.9 Å². The van der Waals surface area contributed by atoms with E-state index in [1.165, 1.54) is 6.92 Å². The normalized spacial score (nSPS) is 19.4. The maximum Gasteiger partial charge on any atom is 0.392 e. The van der Waals surface area contributed by atoms with Gasteiger partial charge in [-0.05, 0) is 13.3 Å². The number of rotatable bonds is 4. The number of carbonyl (C=O) groups is 1. The number of esters is 1. The average molecular weight is 406 g/mol. The van der Waals surface area contributed by atoms with Crippen molar-refractivity contribution in [2.45, 2.75) is 38.5 Å². The van der Waals surface area contributed by atoms with Crippen molar-refractivity contribution in [1.82, 2.24) is 19.3 Å². The van der Waals surface area contributed by atoms with Gasteiger partial charge in [-0.25, -0.2) is 23.1 Å². The van der Waals surface area contributed by atoms with E-state index in [2.05, 4.69) is 10.1 Å². The topological polar surface area (TPSA) is 79.0 Å². The van der Waals surface area contributed by atoms with E-state index in [9.17, 15) is 31.5 Å². The summed E-state index contributed by atoms with van der Waals surface area (Å²) >= 11 is 0. The number of carbonyl (C=O) groups excluding carboxylic acids is 1. The van der Waals surface area contributed by atoms with Crippen molar-refractivity contribution in [3.63, 3.8) is 0 Å². The molecule has 0 aromatic carbocycles. The molecule has 0 bridgehead atoms. The molecule has 2 aromatic rings. The second-order valence-corrected chi connectivity index (χ2v) is 6.25. The Hall–Kier alpha value is -2.79. The molecule has 2 atom stereocenters. The molecule has 12 heteroatoms. The molecular formula is C16H15F5N4O3. The van der Waals surface area contributed by atoms with Gasteiger partial charge >= 0.3 is 17.8 Å². The Bertz CT molecular complexity index is 953. The quantitative estimate of drug-likeness (QED) is 0.573. The summed E-state index contributed by atoms with van der Waals surface area (Å²) in [6.07, 6.45) is -5.13. The molecule has 0 fully saturated rings. The molecule has 0 saturated carbocycles. The van der Waals surface area contributed by atoms with Crippen LogP contribution in [-0.4, -0.2) is 38.1 Å². The monoisotopic (exact) mass is 406 g/mol. The van der Waals surface area contributed by atoms with Gasteiger partial charge in [-0.1, -0.05) is 0 Å². The molecule has 3 rings (SSSR count). The van der Waals surface area contributed by atoms with Gasteiger partial charge in [0.25, 0.3) is 0 Å². The van der Waals surface area contributed by atoms with Crippen molar-refractivity contribution < 1.29 is 31.5 Å². The van der Waals surface area contributed by atoms with Crippen molar-refractivity contribution in [2.24, 2.45) is 5.92 Å². The first-order valence-electron chi connectivity index (χ1n) is 8.33. The van der Waals surface area contributed by atoms with Crippen LogP contribution in [0, 0.1) is 17.6 Å². The zero-order chi connectivity index (χ0) is 20.6. The van der Waals surface area contributed by atoms with Crippen molar-refractivity contribution in [2.75, 3.05) is 6.61 Å². The zero-order valence-electron chi connectivity index (χ0n) is 14.5. The lowest BCUT2D eigenvalue weighted by molar-refractivity contribution is -0.184. The van der Waals surface area contributed by atoms with E-state index in [1.54, 1.807) is 0 Å². The Balaban J connectivity index is 2.02. The average Bonchev–Trinajstić information content (AvgIpc) is 2.92. The first kappa shape index (κ1) is 20.0. The summed E-state index contributed by atoms with van der Waals surface area (Å²) in [7, 11) is 0. The molecule has 0 amide bonds. The van der Waals surface area contributed by atoms with E-state index < -0.39 is 60.8 Å². The van der Waals surface area contributed by atoms with Crippen LogP contribution in [-0.2, 0) is 22.5 Å². The van der Waals surface area contributed by atoms with Gasteiger partial charge < -0.3 is 4.74 Å². The third-order valence-electron chi connectivity index (χ3n) is 4.39. The van der Waals surface area contributed by atoms with Crippen molar-refractivity contribution >= 4 is 5.97 Å². The number of halogens is 5. The number of hydrogen-bond acceptors (Lipinski definition) is 5. The van der Waals surface area contributed by atoms with E-state index in [4.69, 9.17) is 4.74 Å². The number of nitrogens with zero attached hydrogens (tertiary/aromatic N) is 4. The van der Waals surface area contributed by atoms with Gasteiger partial charge in [0.05, 0.1) is 31.0 Å². The largest absolute Gasteiger partial charge is 0.464 e. The van der Waals surface area contributed by atoms with Crippen molar-refractivity contribution in [3.05, 3.63) is 45.9 Å². The molecule has 0 aliphatic carbocycles. The molecular weight excluding hydrogens is 391 g/mol. The fraction of sp³-hybridized carbons (Fsp3) is 0.500. The maximum atomic E-state index is 13.8. The van der Waals surface area contributed by atoms with Gasteiger partial charge in [0.1, 0.15) is 23.5 Å². The summed E-state index contributed by atoms with van der Waals surface area (Å²) in [5.41, 5.74) is -1.22. The Morgan fingerprint density at radius 1 is 1.36 bits per heavy atom. The minimum Gasteiger partial charge on any atom is -0.464 e. The highest BCUT2D eigenvalue weighted by Crippen LogP contribution is 2.38. The summed E-state index contributed by atoms with van der Waals surface area (Å²) in [5.74, 6) is -5.09. The fourth-order valence-corrected chi connectivity index (χ4v) is 3.09. The molecule has 0 spiro atoms. The van der Waals surface area contributed by atoms with Crippen LogP contribution in [0.25, 0.3) is 0 Å². The number of fused-ring (bicyclic) bond motifs is 1. The number of ether oxygens (including phenoxy) is 1. The molecule has 2 aromatic heterocycles. The second kappa shape index (κ2) is 7.32. The molecule has 0 saturated heterocycles. The molecule has 28 heavy (non-hydrogen) atoms. The number of alkyl halides is 3. The van der Waals surface area contributed by atoms with Crippen LogP contribution < -0.4 is 5.69 Å². The predicted molar refractivity (Wildman–Crippen MR) is 83.3 cm³/mol. The van der Waals surface area contributed by atoms with Crippen LogP contribution in [0.4, 0.5) is 22.0 Å². The minimum absolute atomic E-state index is 0.0745. The highest BCUT2D eigenvalue weighted by molar-refractivity contribution is 5.74. The van der Waals surface area contributed by atoms with Gasteiger partial charge in [-0.15, -0.1) is 0 Å². The Morgan fingerprint density at radius 2 is 2.07 bits per heavy atom. The lowest BCUT2D eigenvalue weighted by Gasteiger charge is -2.29. The Labute approximate surface area is 154 Å². The SMILES string of the molecule is CCOC(=O)C1CC(C(F)(F)F)Cc2nn(Cc3ncc(F)cc3F)c(=O)n21. The third-order valence-corrected chi connectivity index (χ3v) is 4.39. The van der Waals surface area contributed by atoms with Crippen LogP contribution in [0.3, 0.4) is 0 Å². The number of pyridine rings is 1. The molecule has 7 nitrogen and oxygen atoms in total. The number of hydrogen-bond donors (Lipinski definition) is 0.